The van der Waals surface area contributed by atoms with E-state index in [9.17, 15) is 0 Å². The van der Waals surface area contributed by atoms with Gasteiger partial charge >= 0.3 is 0 Å². The molecule has 0 radical (unpaired) electrons. The maximum atomic E-state index is 8.99. The fraction of sp³-hybridized carbons (Fsp3) is 0.529. The Bertz CT molecular complexity index is 615. The van der Waals surface area contributed by atoms with E-state index in [0.29, 0.717) is 22.8 Å². The molecule has 3 rings (SSSR count). The minimum absolute atomic E-state index is 0.276. The molecule has 6 heteroatoms. The number of hydrogen-bond acceptors (Lipinski definition) is 5. The van der Waals surface area contributed by atoms with Crippen molar-refractivity contribution in [3.05, 3.63) is 35.2 Å². The number of halogens is 1. The molecule has 1 unspecified atom stereocenters. The summed E-state index contributed by atoms with van der Waals surface area (Å²) in [5, 5.41) is 13.7. The summed E-state index contributed by atoms with van der Waals surface area (Å²) in [5.74, 6) is 1.28. The van der Waals surface area contributed by atoms with Gasteiger partial charge in [0.2, 0.25) is 11.7 Å². The van der Waals surface area contributed by atoms with Gasteiger partial charge in [-0.15, -0.1) is 0 Å². The van der Waals surface area contributed by atoms with Crippen molar-refractivity contribution < 1.29 is 9.63 Å². The van der Waals surface area contributed by atoms with Crippen LogP contribution in [0.5, 0.6) is 0 Å². The Morgan fingerprint density at radius 1 is 1.30 bits per heavy atom. The molecular weight excluding hydrogens is 314 g/mol. The van der Waals surface area contributed by atoms with E-state index >= 15 is 0 Å². The predicted octanol–water partition coefficient (Wildman–Crippen LogP) is 3.17. The van der Waals surface area contributed by atoms with E-state index < -0.39 is 0 Å². The first-order valence-electron chi connectivity index (χ1n) is 8.19. The zero-order valence-electron chi connectivity index (χ0n) is 13.1. The van der Waals surface area contributed by atoms with Crippen molar-refractivity contribution in [2.45, 2.75) is 38.1 Å². The molecule has 1 aromatic heterocycles. The van der Waals surface area contributed by atoms with E-state index in [-0.39, 0.29) is 6.61 Å². The second-order valence-electron chi connectivity index (χ2n) is 5.97. The van der Waals surface area contributed by atoms with Crippen LogP contribution in [0.3, 0.4) is 0 Å². The maximum absolute atomic E-state index is 8.99. The predicted molar refractivity (Wildman–Crippen MR) is 89.4 cm³/mol. The Balaban J connectivity index is 1.56. The monoisotopic (exact) mass is 335 g/mol. The van der Waals surface area contributed by atoms with Gasteiger partial charge in [-0.1, -0.05) is 16.8 Å². The summed E-state index contributed by atoms with van der Waals surface area (Å²) < 4.78 is 5.36. The average Bonchev–Trinajstić information content (AvgIpc) is 3.21. The van der Waals surface area contributed by atoms with Crippen LogP contribution in [0.1, 0.15) is 31.6 Å². The molecule has 1 atom stereocenters. The van der Waals surface area contributed by atoms with Crippen LogP contribution in [0.25, 0.3) is 11.4 Å². The van der Waals surface area contributed by atoms with E-state index in [2.05, 4.69) is 15.0 Å². The second-order valence-corrected chi connectivity index (χ2v) is 6.40. The molecule has 0 saturated carbocycles. The minimum atomic E-state index is 0.276. The zero-order chi connectivity index (χ0) is 16.1. The van der Waals surface area contributed by atoms with E-state index in [1.54, 1.807) is 0 Å². The molecule has 0 amide bonds. The molecule has 1 aromatic carbocycles. The normalized spacial score (nSPS) is 18.6. The Hall–Kier alpha value is -1.43. The summed E-state index contributed by atoms with van der Waals surface area (Å²) in [5.41, 5.74) is 0.909. The molecule has 0 spiro atoms. The molecular formula is C17H22ClN3O2. The fourth-order valence-electron chi connectivity index (χ4n) is 3.16. The molecule has 1 aliphatic rings. The van der Waals surface area contributed by atoms with Crippen molar-refractivity contribution in [1.29, 1.82) is 0 Å². The summed E-state index contributed by atoms with van der Waals surface area (Å²) in [4.78, 5) is 6.94. The minimum Gasteiger partial charge on any atom is -0.396 e. The number of rotatable bonds is 7. The molecule has 1 fully saturated rings. The molecule has 23 heavy (non-hydrogen) atoms. The molecule has 1 aliphatic heterocycles. The summed E-state index contributed by atoms with van der Waals surface area (Å²) in [7, 11) is 0. The van der Waals surface area contributed by atoms with Crippen molar-refractivity contribution >= 4 is 11.6 Å². The van der Waals surface area contributed by atoms with Crippen molar-refractivity contribution in [2.24, 2.45) is 0 Å². The van der Waals surface area contributed by atoms with E-state index in [0.717, 1.165) is 37.9 Å². The quantitative estimate of drug-likeness (QED) is 0.842. The third-order valence-electron chi connectivity index (χ3n) is 4.38. The Kier molecular flexibility index (Phi) is 5.65. The Labute approximate surface area is 141 Å². The average molecular weight is 336 g/mol. The first kappa shape index (κ1) is 16.4. The van der Waals surface area contributed by atoms with Gasteiger partial charge < -0.3 is 9.63 Å². The van der Waals surface area contributed by atoms with Gasteiger partial charge in [-0.05, 0) is 56.5 Å². The first-order chi connectivity index (χ1) is 11.3. The number of aromatic nitrogens is 2. The highest BCUT2D eigenvalue weighted by molar-refractivity contribution is 6.30. The van der Waals surface area contributed by atoms with Crippen LogP contribution in [0.4, 0.5) is 0 Å². The van der Waals surface area contributed by atoms with E-state index in [4.69, 9.17) is 21.2 Å². The highest BCUT2D eigenvalue weighted by atomic mass is 35.5. The molecule has 0 bridgehead atoms. The van der Waals surface area contributed by atoms with Gasteiger partial charge in [0.05, 0.1) is 0 Å². The first-order valence-corrected chi connectivity index (χ1v) is 8.57. The van der Waals surface area contributed by atoms with Crippen LogP contribution in [0.15, 0.2) is 28.8 Å². The second kappa shape index (κ2) is 7.90. The number of hydrogen-bond donors (Lipinski definition) is 1. The van der Waals surface area contributed by atoms with Gasteiger partial charge in [0.25, 0.3) is 0 Å². The third-order valence-corrected chi connectivity index (χ3v) is 4.63. The van der Waals surface area contributed by atoms with Crippen LogP contribution in [-0.2, 0) is 6.42 Å². The van der Waals surface area contributed by atoms with Crippen molar-refractivity contribution in [1.82, 2.24) is 15.0 Å². The zero-order valence-corrected chi connectivity index (χ0v) is 13.9. The molecule has 1 N–H and O–H groups in total. The number of benzene rings is 1. The number of aliphatic hydroxyl groups excluding tert-OH is 1. The van der Waals surface area contributed by atoms with Crippen LogP contribution in [0, 0.1) is 0 Å². The van der Waals surface area contributed by atoms with Gasteiger partial charge in [-0.3, -0.25) is 4.90 Å². The lowest BCUT2D eigenvalue weighted by atomic mass is 10.1. The third kappa shape index (κ3) is 4.31. The molecule has 2 heterocycles. The Morgan fingerprint density at radius 2 is 2.13 bits per heavy atom. The van der Waals surface area contributed by atoms with Crippen LogP contribution < -0.4 is 0 Å². The summed E-state index contributed by atoms with van der Waals surface area (Å²) in [6, 6.07) is 8.01. The lowest BCUT2D eigenvalue weighted by molar-refractivity contribution is 0.212. The molecule has 2 aromatic rings. The van der Waals surface area contributed by atoms with E-state index in [1.165, 1.54) is 12.8 Å². The topological polar surface area (TPSA) is 62.4 Å². The number of likely N-dealkylation sites (tertiary alicyclic amines) is 1. The van der Waals surface area contributed by atoms with Gasteiger partial charge in [-0.25, -0.2) is 0 Å². The van der Waals surface area contributed by atoms with E-state index in [1.807, 2.05) is 24.3 Å². The van der Waals surface area contributed by atoms with Crippen molar-refractivity contribution in [3.8, 4) is 11.4 Å². The SMILES string of the molecule is OCCCC1CCCN1CCc1nc(-c2ccc(Cl)cc2)no1. The Morgan fingerprint density at radius 3 is 2.91 bits per heavy atom. The smallest absolute Gasteiger partial charge is 0.228 e. The van der Waals surface area contributed by atoms with Gasteiger partial charge in [0, 0.05) is 36.2 Å². The number of nitrogens with zero attached hydrogens (tertiary/aromatic N) is 3. The molecule has 1 saturated heterocycles. The van der Waals surface area contributed by atoms with Crippen molar-refractivity contribution in [2.75, 3.05) is 19.7 Å². The van der Waals surface area contributed by atoms with Crippen molar-refractivity contribution in [3.63, 3.8) is 0 Å². The lowest BCUT2D eigenvalue weighted by Gasteiger charge is -2.23. The molecule has 0 aliphatic carbocycles. The largest absolute Gasteiger partial charge is 0.396 e. The molecule has 124 valence electrons. The number of aliphatic hydroxyl groups is 1. The maximum Gasteiger partial charge on any atom is 0.228 e. The van der Waals surface area contributed by atoms with Gasteiger partial charge in [0.15, 0.2) is 0 Å². The van der Waals surface area contributed by atoms with Gasteiger partial charge in [0.1, 0.15) is 0 Å². The highest BCUT2D eigenvalue weighted by Gasteiger charge is 2.24. The highest BCUT2D eigenvalue weighted by Crippen LogP contribution is 2.22. The molecule has 5 nitrogen and oxygen atoms in total. The fourth-order valence-corrected chi connectivity index (χ4v) is 3.28. The summed E-state index contributed by atoms with van der Waals surface area (Å²) in [6.45, 7) is 2.32. The van der Waals surface area contributed by atoms with Gasteiger partial charge in [-0.2, -0.15) is 4.98 Å². The van der Waals surface area contributed by atoms with Crippen LogP contribution in [-0.4, -0.2) is 45.9 Å². The lowest BCUT2D eigenvalue weighted by Crippen LogP contribution is -2.31. The van der Waals surface area contributed by atoms with Crippen LogP contribution in [0.2, 0.25) is 5.02 Å². The van der Waals surface area contributed by atoms with Crippen LogP contribution >= 0.6 is 11.6 Å². The summed E-state index contributed by atoms with van der Waals surface area (Å²) in [6.07, 6.45) is 5.16. The standard InChI is InChI=1S/C17H22ClN3O2/c18-14-7-5-13(6-8-14)17-19-16(23-20-17)9-11-21-10-1-3-15(21)4-2-12-22/h5-8,15,22H,1-4,9-12H2. The summed E-state index contributed by atoms with van der Waals surface area (Å²) >= 11 is 5.89.